The lowest BCUT2D eigenvalue weighted by Gasteiger charge is -2.10. The van der Waals surface area contributed by atoms with Crippen LogP contribution in [0.1, 0.15) is 24.5 Å². The number of sulfonamides is 1. The number of nitro groups is 1. The molecule has 2 aromatic rings. The molecular weight excluding hydrogens is 356 g/mol. The smallest absolute Gasteiger partial charge is 0.270 e. The summed E-state index contributed by atoms with van der Waals surface area (Å²) in [5.41, 5.74) is 1.40. The molecular formula is C18H22N2O5S. The van der Waals surface area contributed by atoms with Crippen LogP contribution in [0.5, 0.6) is 5.75 Å². The van der Waals surface area contributed by atoms with Crippen molar-refractivity contribution in [1.82, 2.24) is 4.72 Å². The molecule has 1 N–H and O–H groups in total. The first-order valence-electron chi connectivity index (χ1n) is 8.30. The van der Waals surface area contributed by atoms with Gasteiger partial charge in [-0.2, -0.15) is 0 Å². The highest BCUT2D eigenvalue weighted by Gasteiger charge is 2.20. The maximum Gasteiger partial charge on any atom is 0.270 e. The van der Waals surface area contributed by atoms with Crippen LogP contribution in [0.3, 0.4) is 0 Å². The largest absolute Gasteiger partial charge is 0.492 e. The van der Waals surface area contributed by atoms with E-state index in [2.05, 4.69) is 11.6 Å². The zero-order valence-electron chi connectivity index (χ0n) is 14.8. The lowest BCUT2D eigenvalue weighted by molar-refractivity contribution is -0.385. The summed E-state index contributed by atoms with van der Waals surface area (Å²) in [5, 5.41) is 10.8. The van der Waals surface area contributed by atoms with Crippen LogP contribution in [0.2, 0.25) is 0 Å². The number of rotatable bonds is 9. The van der Waals surface area contributed by atoms with Crippen LogP contribution >= 0.6 is 0 Å². The van der Waals surface area contributed by atoms with Gasteiger partial charge in [0.2, 0.25) is 10.0 Å². The number of ether oxygens (including phenoxy) is 1. The van der Waals surface area contributed by atoms with E-state index in [-0.39, 0.29) is 23.7 Å². The Balaban J connectivity index is 1.94. The van der Waals surface area contributed by atoms with Gasteiger partial charge in [0.1, 0.15) is 12.4 Å². The first kappa shape index (κ1) is 19.9. The Kier molecular flexibility index (Phi) is 6.70. The van der Waals surface area contributed by atoms with Crippen molar-refractivity contribution in [2.75, 3.05) is 13.2 Å². The van der Waals surface area contributed by atoms with Gasteiger partial charge in [-0.3, -0.25) is 10.1 Å². The van der Waals surface area contributed by atoms with Crippen molar-refractivity contribution >= 4 is 15.7 Å². The first-order chi connectivity index (χ1) is 12.3. The molecule has 0 fully saturated rings. The summed E-state index contributed by atoms with van der Waals surface area (Å²) < 4.78 is 32.7. The molecule has 0 bridgehead atoms. The van der Waals surface area contributed by atoms with E-state index in [9.17, 15) is 18.5 Å². The average molecular weight is 378 g/mol. The first-order valence-corrected chi connectivity index (χ1v) is 9.78. The van der Waals surface area contributed by atoms with E-state index in [0.29, 0.717) is 11.3 Å². The number of nitrogens with one attached hydrogen (secondary N) is 1. The number of nitro benzene ring substituents is 1. The Labute approximate surface area is 153 Å². The van der Waals surface area contributed by atoms with Crippen LogP contribution in [0, 0.1) is 17.0 Å². The van der Waals surface area contributed by atoms with E-state index in [4.69, 9.17) is 4.74 Å². The van der Waals surface area contributed by atoms with E-state index in [0.717, 1.165) is 18.9 Å². The molecule has 140 valence electrons. The minimum absolute atomic E-state index is 0.0567. The van der Waals surface area contributed by atoms with E-state index in [1.54, 1.807) is 6.92 Å². The summed E-state index contributed by atoms with van der Waals surface area (Å²) in [6.45, 7) is 3.91. The molecule has 2 rings (SSSR count). The molecule has 0 unspecified atom stereocenters. The monoisotopic (exact) mass is 378 g/mol. The molecule has 2 aromatic carbocycles. The fraction of sp³-hybridized carbons (Fsp3) is 0.333. The van der Waals surface area contributed by atoms with Crippen LogP contribution in [0.4, 0.5) is 5.69 Å². The molecule has 0 atom stereocenters. The zero-order chi connectivity index (χ0) is 19.2. The molecule has 26 heavy (non-hydrogen) atoms. The second-order valence-electron chi connectivity index (χ2n) is 5.85. The minimum atomic E-state index is -3.85. The normalized spacial score (nSPS) is 11.3. The molecule has 8 heteroatoms. The van der Waals surface area contributed by atoms with E-state index in [1.165, 1.54) is 17.7 Å². The number of non-ortho nitro benzene ring substituents is 1. The SMILES string of the molecule is CCCc1ccc(OCCNS(=O)(=O)c2cc([N+](=O)[O-])ccc2C)cc1. The highest BCUT2D eigenvalue weighted by molar-refractivity contribution is 7.89. The number of aryl methyl sites for hydroxylation is 2. The zero-order valence-corrected chi connectivity index (χ0v) is 15.6. The van der Waals surface area contributed by atoms with Crippen LogP contribution < -0.4 is 9.46 Å². The van der Waals surface area contributed by atoms with Crippen molar-refractivity contribution in [2.45, 2.75) is 31.6 Å². The van der Waals surface area contributed by atoms with E-state index in [1.807, 2.05) is 24.3 Å². The van der Waals surface area contributed by atoms with Crippen LogP contribution in [-0.2, 0) is 16.4 Å². The number of hydrogen-bond acceptors (Lipinski definition) is 5. The van der Waals surface area contributed by atoms with Gasteiger partial charge in [0, 0.05) is 18.7 Å². The van der Waals surface area contributed by atoms with Gasteiger partial charge in [0.15, 0.2) is 0 Å². The summed E-state index contributed by atoms with van der Waals surface area (Å²) >= 11 is 0. The molecule has 0 radical (unpaired) electrons. The van der Waals surface area contributed by atoms with Crippen molar-refractivity contribution in [1.29, 1.82) is 0 Å². The van der Waals surface area contributed by atoms with Gasteiger partial charge in [-0.15, -0.1) is 0 Å². The molecule has 0 heterocycles. The van der Waals surface area contributed by atoms with Gasteiger partial charge in [-0.05, 0) is 36.6 Å². The Bertz CT molecular complexity index is 864. The lowest BCUT2D eigenvalue weighted by atomic mass is 10.1. The third-order valence-electron chi connectivity index (χ3n) is 3.80. The summed E-state index contributed by atoms with van der Waals surface area (Å²) in [7, 11) is -3.85. The summed E-state index contributed by atoms with van der Waals surface area (Å²) in [5.74, 6) is 0.663. The van der Waals surface area contributed by atoms with E-state index < -0.39 is 14.9 Å². The molecule has 0 aliphatic carbocycles. The fourth-order valence-electron chi connectivity index (χ4n) is 2.46. The van der Waals surface area contributed by atoms with Crippen molar-refractivity contribution in [3.8, 4) is 5.75 Å². The predicted octanol–water partition coefficient (Wildman–Crippen LogP) is 3.21. The summed E-state index contributed by atoms with van der Waals surface area (Å²) in [6, 6.07) is 11.4. The topological polar surface area (TPSA) is 98.5 Å². The average Bonchev–Trinajstić information content (AvgIpc) is 2.60. The predicted molar refractivity (Wildman–Crippen MR) is 99.0 cm³/mol. The van der Waals surface area contributed by atoms with E-state index >= 15 is 0 Å². The maximum absolute atomic E-state index is 12.4. The Hall–Kier alpha value is -2.45. The highest BCUT2D eigenvalue weighted by Crippen LogP contribution is 2.21. The van der Waals surface area contributed by atoms with Gasteiger partial charge in [0.25, 0.3) is 5.69 Å². The second kappa shape index (κ2) is 8.77. The third kappa shape index (κ3) is 5.27. The molecule has 0 amide bonds. The minimum Gasteiger partial charge on any atom is -0.492 e. The van der Waals surface area contributed by atoms with Crippen LogP contribution in [0.25, 0.3) is 0 Å². The van der Waals surface area contributed by atoms with Crippen molar-refractivity contribution in [2.24, 2.45) is 0 Å². The van der Waals surface area contributed by atoms with Gasteiger partial charge in [0.05, 0.1) is 9.82 Å². The second-order valence-corrected chi connectivity index (χ2v) is 7.58. The van der Waals surface area contributed by atoms with Crippen molar-refractivity contribution in [3.63, 3.8) is 0 Å². The van der Waals surface area contributed by atoms with Crippen LogP contribution in [0.15, 0.2) is 47.4 Å². The highest BCUT2D eigenvalue weighted by atomic mass is 32.2. The Morgan fingerprint density at radius 3 is 2.46 bits per heavy atom. The molecule has 0 saturated carbocycles. The molecule has 0 aromatic heterocycles. The quantitative estimate of drug-likeness (QED) is 0.410. The molecule has 0 spiro atoms. The van der Waals surface area contributed by atoms with Gasteiger partial charge >= 0.3 is 0 Å². The Morgan fingerprint density at radius 2 is 1.85 bits per heavy atom. The molecule has 0 aliphatic heterocycles. The number of hydrogen-bond donors (Lipinski definition) is 1. The van der Waals surface area contributed by atoms with Gasteiger partial charge in [-0.25, -0.2) is 13.1 Å². The van der Waals surface area contributed by atoms with Crippen molar-refractivity contribution < 1.29 is 18.1 Å². The number of benzene rings is 2. The summed E-state index contributed by atoms with van der Waals surface area (Å²) in [4.78, 5) is 10.1. The summed E-state index contributed by atoms with van der Waals surface area (Å²) in [6.07, 6.45) is 2.07. The Morgan fingerprint density at radius 1 is 1.15 bits per heavy atom. The molecule has 7 nitrogen and oxygen atoms in total. The fourth-order valence-corrected chi connectivity index (χ4v) is 3.73. The van der Waals surface area contributed by atoms with Crippen LogP contribution in [-0.4, -0.2) is 26.5 Å². The lowest BCUT2D eigenvalue weighted by Crippen LogP contribution is -2.28. The van der Waals surface area contributed by atoms with Gasteiger partial charge in [-0.1, -0.05) is 31.5 Å². The maximum atomic E-state index is 12.4. The van der Waals surface area contributed by atoms with Gasteiger partial charge < -0.3 is 4.74 Å². The standard InChI is InChI=1S/C18H22N2O5S/c1-3-4-15-6-9-17(10-7-15)25-12-11-19-26(23,24)18-13-16(20(21)22)8-5-14(18)2/h5-10,13,19H,3-4,11-12H2,1-2H3. The molecule has 0 aliphatic rings. The number of nitrogens with zero attached hydrogens (tertiary/aromatic N) is 1. The molecule has 0 saturated heterocycles. The van der Waals surface area contributed by atoms with Crippen molar-refractivity contribution in [3.05, 3.63) is 63.7 Å². The third-order valence-corrected chi connectivity index (χ3v) is 5.40.